The van der Waals surface area contributed by atoms with Crippen LogP contribution in [0.3, 0.4) is 0 Å². The van der Waals surface area contributed by atoms with Crippen molar-refractivity contribution in [1.29, 1.82) is 0 Å². The zero-order valence-electron chi connectivity index (χ0n) is 11.2. The van der Waals surface area contributed by atoms with Crippen LogP contribution in [0.5, 0.6) is 5.75 Å². The Hall–Kier alpha value is -1.16. The molecule has 1 unspecified atom stereocenters. The van der Waals surface area contributed by atoms with Crippen LogP contribution < -0.4 is 10.1 Å². The molecule has 106 valence electrons. The third kappa shape index (κ3) is 5.15. The molecule has 0 bridgehead atoms. The number of alkyl halides is 2. The maximum atomic E-state index is 12.1. The average molecular weight is 269 g/mol. The summed E-state index contributed by atoms with van der Waals surface area (Å²) in [4.78, 5) is 0. The van der Waals surface area contributed by atoms with Crippen molar-refractivity contribution < 1.29 is 13.5 Å². The van der Waals surface area contributed by atoms with Gasteiger partial charge in [-0.2, -0.15) is 8.78 Å². The smallest absolute Gasteiger partial charge is 0.387 e. The molecule has 1 N–H and O–H groups in total. The van der Waals surface area contributed by atoms with Gasteiger partial charge in [-0.1, -0.05) is 25.0 Å². The van der Waals surface area contributed by atoms with E-state index in [-0.39, 0.29) is 11.8 Å². The molecule has 1 aromatic carbocycles. The Morgan fingerprint density at radius 2 is 2.16 bits per heavy atom. The summed E-state index contributed by atoms with van der Waals surface area (Å²) in [5, 5.41) is 3.42. The second-order valence-corrected chi connectivity index (χ2v) is 5.21. The minimum atomic E-state index is -2.77. The minimum Gasteiger partial charge on any atom is -0.435 e. The van der Waals surface area contributed by atoms with E-state index in [1.165, 1.54) is 25.7 Å². The lowest BCUT2D eigenvalue weighted by Gasteiger charge is -2.15. The van der Waals surface area contributed by atoms with Crippen molar-refractivity contribution in [2.24, 2.45) is 5.92 Å². The molecule has 1 saturated carbocycles. The van der Waals surface area contributed by atoms with Crippen molar-refractivity contribution in [3.05, 3.63) is 29.8 Å². The van der Waals surface area contributed by atoms with Crippen molar-refractivity contribution in [2.75, 3.05) is 6.54 Å². The zero-order chi connectivity index (χ0) is 13.7. The van der Waals surface area contributed by atoms with E-state index in [4.69, 9.17) is 0 Å². The molecule has 2 nitrogen and oxygen atoms in total. The highest BCUT2D eigenvalue weighted by atomic mass is 19.3. The number of ether oxygens (including phenoxy) is 1. The van der Waals surface area contributed by atoms with Crippen LogP contribution in [0.4, 0.5) is 8.78 Å². The van der Waals surface area contributed by atoms with Gasteiger partial charge in [0, 0.05) is 6.04 Å². The standard InChI is InChI=1S/C15H21F2NO/c1-11(18-9-3-4-12-7-8-12)13-5-2-6-14(10-13)19-15(16)17/h2,5-6,10-12,15,18H,3-4,7-9H2,1H3. The summed E-state index contributed by atoms with van der Waals surface area (Å²) >= 11 is 0. The number of nitrogens with one attached hydrogen (secondary N) is 1. The molecular formula is C15H21F2NO. The molecule has 1 aliphatic carbocycles. The predicted octanol–water partition coefficient (Wildman–Crippen LogP) is 4.13. The fourth-order valence-electron chi connectivity index (χ4n) is 2.19. The largest absolute Gasteiger partial charge is 0.435 e. The SMILES string of the molecule is CC(NCCCC1CC1)c1cccc(OC(F)F)c1. The van der Waals surface area contributed by atoms with Crippen molar-refractivity contribution >= 4 is 0 Å². The van der Waals surface area contributed by atoms with Crippen LogP contribution >= 0.6 is 0 Å². The Bertz CT molecular complexity index is 393. The first-order chi connectivity index (χ1) is 9.15. The summed E-state index contributed by atoms with van der Waals surface area (Å²) in [5.74, 6) is 1.18. The third-order valence-electron chi connectivity index (χ3n) is 3.52. The molecule has 0 aliphatic heterocycles. The van der Waals surface area contributed by atoms with Gasteiger partial charge in [-0.15, -0.1) is 0 Å². The first-order valence-corrected chi connectivity index (χ1v) is 6.93. The van der Waals surface area contributed by atoms with Crippen LogP contribution in [-0.2, 0) is 0 Å². The molecule has 0 saturated heterocycles. The molecule has 0 amide bonds. The summed E-state index contributed by atoms with van der Waals surface area (Å²) in [7, 11) is 0. The van der Waals surface area contributed by atoms with Crippen molar-refractivity contribution in [3.8, 4) is 5.75 Å². The minimum absolute atomic E-state index is 0.153. The highest BCUT2D eigenvalue weighted by Gasteiger charge is 2.20. The van der Waals surface area contributed by atoms with Crippen LogP contribution in [0.25, 0.3) is 0 Å². The van der Waals surface area contributed by atoms with Gasteiger partial charge in [0.05, 0.1) is 0 Å². The normalized spacial score (nSPS) is 16.6. The van der Waals surface area contributed by atoms with Crippen molar-refractivity contribution in [3.63, 3.8) is 0 Å². The molecular weight excluding hydrogens is 248 g/mol. The van der Waals surface area contributed by atoms with Gasteiger partial charge in [0.25, 0.3) is 0 Å². The summed E-state index contributed by atoms with van der Waals surface area (Å²) in [5.41, 5.74) is 0.976. The van der Waals surface area contributed by atoms with Crippen molar-refractivity contribution in [1.82, 2.24) is 5.32 Å². The molecule has 0 radical (unpaired) electrons. The van der Waals surface area contributed by atoms with Gasteiger partial charge >= 0.3 is 6.61 Å². The van der Waals surface area contributed by atoms with Crippen LogP contribution in [-0.4, -0.2) is 13.2 Å². The summed E-state index contributed by atoms with van der Waals surface area (Å²) in [6.07, 6.45) is 5.27. The molecule has 1 aromatic rings. The summed E-state index contributed by atoms with van der Waals surface area (Å²) < 4.78 is 28.7. The van der Waals surface area contributed by atoms with Crippen LogP contribution in [0.1, 0.15) is 44.2 Å². The Kier molecular flexibility index (Phi) is 5.14. The summed E-state index contributed by atoms with van der Waals surface area (Å²) in [6.45, 7) is 0.244. The maximum absolute atomic E-state index is 12.1. The number of halogens is 2. The molecule has 0 heterocycles. The lowest BCUT2D eigenvalue weighted by Crippen LogP contribution is -2.20. The van der Waals surface area contributed by atoms with Crippen LogP contribution in [0.15, 0.2) is 24.3 Å². The van der Waals surface area contributed by atoms with Crippen molar-refractivity contribution in [2.45, 2.75) is 45.3 Å². The molecule has 4 heteroatoms. The number of benzene rings is 1. The van der Waals surface area contributed by atoms with E-state index >= 15 is 0 Å². The third-order valence-corrected chi connectivity index (χ3v) is 3.52. The number of hydrogen-bond donors (Lipinski definition) is 1. The molecule has 2 rings (SSSR count). The second-order valence-electron chi connectivity index (χ2n) is 5.21. The first-order valence-electron chi connectivity index (χ1n) is 6.93. The number of hydrogen-bond acceptors (Lipinski definition) is 2. The van der Waals surface area contributed by atoms with E-state index in [0.29, 0.717) is 0 Å². The molecule has 0 spiro atoms. The lowest BCUT2D eigenvalue weighted by atomic mass is 10.1. The molecule has 1 aliphatic rings. The van der Waals surface area contributed by atoms with Gasteiger partial charge in [0.1, 0.15) is 5.75 Å². The fraction of sp³-hybridized carbons (Fsp3) is 0.600. The Balaban J connectivity index is 1.77. The van der Waals surface area contributed by atoms with Gasteiger partial charge in [-0.3, -0.25) is 0 Å². The van der Waals surface area contributed by atoms with E-state index in [0.717, 1.165) is 18.0 Å². The van der Waals surface area contributed by atoms with E-state index < -0.39 is 6.61 Å². The molecule has 1 fully saturated rings. The Morgan fingerprint density at radius 3 is 2.84 bits per heavy atom. The average Bonchev–Trinajstić information content (AvgIpc) is 3.18. The highest BCUT2D eigenvalue weighted by Crippen LogP contribution is 2.33. The van der Waals surface area contributed by atoms with E-state index in [9.17, 15) is 8.78 Å². The van der Waals surface area contributed by atoms with E-state index in [1.54, 1.807) is 18.2 Å². The van der Waals surface area contributed by atoms with Gasteiger partial charge in [0.15, 0.2) is 0 Å². The van der Waals surface area contributed by atoms with Crippen LogP contribution in [0, 0.1) is 5.92 Å². The quantitative estimate of drug-likeness (QED) is 0.716. The Labute approximate surface area is 113 Å². The lowest BCUT2D eigenvalue weighted by molar-refractivity contribution is -0.0499. The Morgan fingerprint density at radius 1 is 1.37 bits per heavy atom. The maximum Gasteiger partial charge on any atom is 0.387 e. The monoisotopic (exact) mass is 269 g/mol. The zero-order valence-corrected chi connectivity index (χ0v) is 11.2. The first kappa shape index (κ1) is 14.3. The van der Waals surface area contributed by atoms with E-state index in [2.05, 4.69) is 10.1 Å². The second kappa shape index (κ2) is 6.85. The van der Waals surface area contributed by atoms with Gasteiger partial charge in [0.2, 0.25) is 0 Å². The molecule has 0 aromatic heterocycles. The fourth-order valence-corrected chi connectivity index (χ4v) is 2.19. The molecule has 19 heavy (non-hydrogen) atoms. The van der Waals surface area contributed by atoms with Gasteiger partial charge < -0.3 is 10.1 Å². The van der Waals surface area contributed by atoms with Crippen LogP contribution in [0.2, 0.25) is 0 Å². The van der Waals surface area contributed by atoms with Gasteiger partial charge in [-0.05, 0) is 49.9 Å². The summed E-state index contributed by atoms with van der Waals surface area (Å²) in [6, 6.07) is 7.05. The predicted molar refractivity (Wildman–Crippen MR) is 71.4 cm³/mol. The molecule has 1 atom stereocenters. The topological polar surface area (TPSA) is 21.3 Å². The number of rotatable bonds is 8. The highest BCUT2D eigenvalue weighted by molar-refractivity contribution is 5.30. The van der Waals surface area contributed by atoms with E-state index in [1.807, 2.05) is 13.0 Å². The van der Waals surface area contributed by atoms with Gasteiger partial charge in [-0.25, -0.2) is 0 Å².